The molecule has 1 saturated heterocycles. The van der Waals surface area contributed by atoms with Gasteiger partial charge in [0.1, 0.15) is 16.3 Å². The fourth-order valence-electron chi connectivity index (χ4n) is 2.13. The molecule has 1 fully saturated rings. The van der Waals surface area contributed by atoms with Crippen LogP contribution in [0.15, 0.2) is 5.38 Å². The van der Waals surface area contributed by atoms with E-state index in [1.807, 2.05) is 20.8 Å². The standard InChI is InChI=1S/C13H20N2O4S/c1-13(2,3)19-12(18)15-6-4-5-9(15)10-14-8(7-20-10)11(16)17/h7,9,11,16-17H,4-6H2,1-3H3/t9-/m0/s1. The highest BCUT2D eigenvalue weighted by Crippen LogP contribution is 2.35. The first-order chi connectivity index (χ1) is 9.28. The maximum absolute atomic E-state index is 12.2. The number of thiazole rings is 1. The molecule has 0 radical (unpaired) electrons. The van der Waals surface area contributed by atoms with Crippen molar-refractivity contribution in [2.24, 2.45) is 0 Å². The quantitative estimate of drug-likeness (QED) is 0.818. The number of rotatable bonds is 2. The lowest BCUT2D eigenvalue weighted by Gasteiger charge is -2.27. The van der Waals surface area contributed by atoms with Crippen LogP contribution < -0.4 is 0 Å². The number of aliphatic hydroxyl groups excluding tert-OH is 1. The van der Waals surface area contributed by atoms with Crippen molar-refractivity contribution in [2.75, 3.05) is 6.54 Å². The highest BCUT2D eigenvalue weighted by Gasteiger charge is 2.35. The molecule has 1 aliphatic rings. The second-order valence-corrected chi connectivity index (χ2v) is 6.71. The molecule has 1 aromatic rings. The Balaban J connectivity index is 2.12. The van der Waals surface area contributed by atoms with Crippen LogP contribution in [0, 0.1) is 0 Å². The van der Waals surface area contributed by atoms with Crippen molar-refractivity contribution in [3.63, 3.8) is 0 Å². The molecule has 0 aliphatic carbocycles. The molecule has 6 nitrogen and oxygen atoms in total. The number of aromatic nitrogens is 1. The van der Waals surface area contributed by atoms with Crippen molar-refractivity contribution in [1.82, 2.24) is 9.88 Å². The Kier molecular flexibility index (Phi) is 4.31. The molecule has 0 saturated carbocycles. The molecule has 1 amide bonds. The number of hydrogen-bond acceptors (Lipinski definition) is 6. The van der Waals surface area contributed by atoms with E-state index in [0.29, 0.717) is 6.54 Å². The third-order valence-electron chi connectivity index (χ3n) is 2.97. The second-order valence-electron chi connectivity index (χ2n) is 5.82. The third kappa shape index (κ3) is 3.47. The first-order valence-corrected chi connectivity index (χ1v) is 7.47. The fourth-order valence-corrected chi connectivity index (χ4v) is 3.11. The van der Waals surface area contributed by atoms with Gasteiger partial charge in [-0.25, -0.2) is 9.78 Å². The Labute approximate surface area is 122 Å². The van der Waals surface area contributed by atoms with Crippen LogP contribution in [0.4, 0.5) is 4.79 Å². The number of amides is 1. The van der Waals surface area contributed by atoms with Gasteiger partial charge in [-0.15, -0.1) is 11.3 Å². The molecule has 0 unspecified atom stereocenters. The monoisotopic (exact) mass is 300 g/mol. The topological polar surface area (TPSA) is 82.9 Å². The van der Waals surface area contributed by atoms with Gasteiger partial charge >= 0.3 is 6.09 Å². The van der Waals surface area contributed by atoms with Gasteiger partial charge in [-0.2, -0.15) is 0 Å². The SMILES string of the molecule is CC(C)(C)OC(=O)N1CCC[C@H]1c1nc(C(O)O)cs1. The van der Waals surface area contributed by atoms with Crippen LogP contribution >= 0.6 is 11.3 Å². The lowest BCUT2D eigenvalue weighted by atomic mass is 10.2. The minimum absolute atomic E-state index is 0.137. The van der Waals surface area contributed by atoms with Gasteiger partial charge in [0, 0.05) is 11.9 Å². The summed E-state index contributed by atoms with van der Waals surface area (Å²) in [5.41, 5.74) is -0.305. The molecular formula is C13H20N2O4S. The van der Waals surface area contributed by atoms with E-state index in [1.54, 1.807) is 10.3 Å². The smallest absolute Gasteiger partial charge is 0.410 e. The van der Waals surface area contributed by atoms with Crippen molar-refractivity contribution in [3.8, 4) is 0 Å². The van der Waals surface area contributed by atoms with Crippen molar-refractivity contribution in [1.29, 1.82) is 0 Å². The van der Waals surface area contributed by atoms with E-state index in [1.165, 1.54) is 11.3 Å². The number of carbonyl (C=O) groups excluding carboxylic acids is 1. The van der Waals surface area contributed by atoms with E-state index in [0.717, 1.165) is 17.8 Å². The van der Waals surface area contributed by atoms with E-state index < -0.39 is 11.9 Å². The molecule has 0 aromatic carbocycles. The largest absolute Gasteiger partial charge is 0.444 e. The van der Waals surface area contributed by atoms with Crippen molar-refractivity contribution in [2.45, 2.75) is 51.5 Å². The molecule has 1 aliphatic heterocycles. The average Bonchev–Trinajstić information content (AvgIpc) is 2.95. The zero-order valence-electron chi connectivity index (χ0n) is 11.9. The van der Waals surface area contributed by atoms with Crippen LogP contribution in [0.2, 0.25) is 0 Å². The second kappa shape index (κ2) is 5.67. The van der Waals surface area contributed by atoms with E-state index in [-0.39, 0.29) is 17.8 Å². The Morgan fingerprint density at radius 1 is 1.55 bits per heavy atom. The van der Waals surface area contributed by atoms with E-state index in [9.17, 15) is 4.79 Å². The Morgan fingerprint density at radius 2 is 2.25 bits per heavy atom. The molecule has 112 valence electrons. The summed E-state index contributed by atoms with van der Waals surface area (Å²) in [5.74, 6) is 0. The van der Waals surface area contributed by atoms with Crippen LogP contribution in [0.1, 0.15) is 56.6 Å². The average molecular weight is 300 g/mol. The van der Waals surface area contributed by atoms with Crippen molar-refractivity contribution < 1.29 is 19.7 Å². The molecular weight excluding hydrogens is 280 g/mol. The molecule has 7 heteroatoms. The summed E-state index contributed by atoms with van der Waals surface area (Å²) in [5, 5.41) is 20.5. The number of nitrogens with zero attached hydrogens (tertiary/aromatic N) is 2. The van der Waals surface area contributed by atoms with E-state index >= 15 is 0 Å². The van der Waals surface area contributed by atoms with Gasteiger partial charge in [0.25, 0.3) is 0 Å². The van der Waals surface area contributed by atoms with Crippen molar-refractivity contribution in [3.05, 3.63) is 16.1 Å². The number of aliphatic hydroxyl groups is 2. The highest BCUT2D eigenvalue weighted by atomic mass is 32.1. The molecule has 2 heterocycles. The van der Waals surface area contributed by atoms with E-state index in [2.05, 4.69) is 4.98 Å². The summed E-state index contributed by atoms with van der Waals surface area (Å²) < 4.78 is 5.39. The Hall–Kier alpha value is -1.18. The summed E-state index contributed by atoms with van der Waals surface area (Å²) >= 11 is 1.33. The van der Waals surface area contributed by atoms with Gasteiger partial charge in [0.05, 0.1) is 6.04 Å². The summed E-state index contributed by atoms with van der Waals surface area (Å²) in [7, 11) is 0. The predicted molar refractivity (Wildman–Crippen MR) is 74.2 cm³/mol. The van der Waals surface area contributed by atoms with Gasteiger partial charge in [0.2, 0.25) is 0 Å². The molecule has 2 rings (SSSR count). The zero-order chi connectivity index (χ0) is 14.9. The maximum atomic E-state index is 12.2. The zero-order valence-corrected chi connectivity index (χ0v) is 12.7. The Bertz CT molecular complexity index is 481. The lowest BCUT2D eigenvalue weighted by Crippen LogP contribution is -2.36. The molecule has 2 N–H and O–H groups in total. The number of ether oxygens (including phenoxy) is 1. The minimum Gasteiger partial charge on any atom is -0.444 e. The van der Waals surface area contributed by atoms with Gasteiger partial charge in [0.15, 0.2) is 6.29 Å². The fraction of sp³-hybridized carbons (Fsp3) is 0.692. The summed E-state index contributed by atoms with van der Waals surface area (Å²) in [6.45, 7) is 6.13. The summed E-state index contributed by atoms with van der Waals surface area (Å²) in [4.78, 5) is 18.0. The summed E-state index contributed by atoms with van der Waals surface area (Å²) in [6, 6.07) is -0.137. The van der Waals surface area contributed by atoms with Gasteiger partial charge < -0.3 is 14.9 Å². The van der Waals surface area contributed by atoms with Crippen LogP contribution in [0.25, 0.3) is 0 Å². The lowest BCUT2D eigenvalue weighted by molar-refractivity contribution is -0.0455. The molecule has 1 aromatic heterocycles. The molecule has 1 atom stereocenters. The molecule has 0 spiro atoms. The van der Waals surface area contributed by atoms with Gasteiger partial charge in [-0.05, 0) is 33.6 Å². The Morgan fingerprint density at radius 3 is 2.80 bits per heavy atom. The predicted octanol–water partition coefficient (Wildman–Crippen LogP) is 2.20. The maximum Gasteiger partial charge on any atom is 0.410 e. The minimum atomic E-state index is -1.57. The number of carbonyl (C=O) groups is 1. The third-order valence-corrected chi connectivity index (χ3v) is 3.93. The van der Waals surface area contributed by atoms with Crippen LogP contribution in [-0.4, -0.2) is 38.3 Å². The first-order valence-electron chi connectivity index (χ1n) is 6.59. The van der Waals surface area contributed by atoms with Crippen molar-refractivity contribution >= 4 is 17.4 Å². The first kappa shape index (κ1) is 15.2. The van der Waals surface area contributed by atoms with Crippen LogP contribution in [0.5, 0.6) is 0 Å². The summed E-state index contributed by atoms with van der Waals surface area (Å²) in [6.07, 6.45) is -0.216. The number of hydrogen-bond donors (Lipinski definition) is 2. The normalized spacial score (nSPS) is 19.7. The van der Waals surface area contributed by atoms with E-state index in [4.69, 9.17) is 14.9 Å². The molecule has 0 bridgehead atoms. The van der Waals surface area contributed by atoms with Gasteiger partial charge in [-0.1, -0.05) is 0 Å². The highest BCUT2D eigenvalue weighted by molar-refractivity contribution is 7.09. The van der Waals surface area contributed by atoms with Crippen LogP contribution in [-0.2, 0) is 4.74 Å². The van der Waals surface area contributed by atoms with Gasteiger partial charge in [-0.3, -0.25) is 4.90 Å². The molecule has 20 heavy (non-hydrogen) atoms. The number of likely N-dealkylation sites (tertiary alicyclic amines) is 1. The van der Waals surface area contributed by atoms with Crippen LogP contribution in [0.3, 0.4) is 0 Å².